The summed E-state index contributed by atoms with van der Waals surface area (Å²) >= 11 is 6.40. The number of anilines is 3. The van der Waals surface area contributed by atoms with Crippen LogP contribution in [0, 0.1) is 0 Å². The zero-order chi connectivity index (χ0) is 25.7. The molecule has 1 heterocycles. The fourth-order valence-corrected chi connectivity index (χ4v) is 4.23. The lowest BCUT2D eigenvalue weighted by Gasteiger charge is -2.24. The van der Waals surface area contributed by atoms with Crippen molar-refractivity contribution in [3.8, 4) is 17.2 Å². The van der Waals surface area contributed by atoms with E-state index in [-0.39, 0.29) is 51.4 Å². The summed E-state index contributed by atoms with van der Waals surface area (Å²) in [6, 6.07) is 5.73. The first kappa shape index (κ1) is 26.2. The van der Waals surface area contributed by atoms with Crippen molar-refractivity contribution in [2.24, 2.45) is 0 Å². The van der Waals surface area contributed by atoms with E-state index in [1.807, 2.05) is 13.0 Å². The maximum Gasteiger partial charge on any atom is 0.260 e. The van der Waals surface area contributed by atoms with Gasteiger partial charge in [-0.15, -0.1) is 0 Å². The number of carbonyl (C=O) groups excluding carboxylic acids is 1. The molecule has 0 saturated heterocycles. The second-order valence-corrected chi connectivity index (χ2v) is 9.53. The Kier molecular flexibility index (Phi) is 8.52. The average molecular weight is 497 g/mol. The third-order valence-electron chi connectivity index (χ3n) is 5.98. The highest BCUT2D eigenvalue weighted by molar-refractivity contribution is 6.37. The van der Waals surface area contributed by atoms with Crippen LogP contribution in [0.15, 0.2) is 59.2 Å². The van der Waals surface area contributed by atoms with Crippen molar-refractivity contribution in [2.75, 3.05) is 16.8 Å². The molecule has 1 aliphatic rings. The number of rotatable bonds is 8. The number of fused-ring (bicyclic) bond motifs is 2. The van der Waals surface area contributed by atoms with Gasteiger partial charge in [-0.1, -0.05) is 52.6 Å². The first-order chi connectivity index (χ1) is 16.6. The molecule has 0 aliphatic carbocycles. The zero-order valence-electron chi connectivity index (χ0n) is 20.7. The first-order valence-electron chi connectivity index (χ1n) is 11.7. The molecule has 0 fully saturated rings. The Labute approximate surface area is 211 Å². The molecule has 0 aromatic heterocycles. The molecule has 35 heavy (non-hydrogen) atoms. The van der Waals surface area contributed by atoms with Crippen molar-refractivity contribution in [3.05, 3.63) is 69.8 Å². The summed E-state index contributed by atoms with van der Waals surface area (Å²) < 4.78 is 0. The third-order valence-corrected chi connectivity index (χ3v) is 6.35. The summed E-state index contributed by atoms with van der Waals surface area (Å²) in [5.74, 6) is -1.17. The van der Waals surface area contributed by atoms with Crippen LogP contribution in [0.25, 0.3) is 0 Å². The van der Waals surface area contributed by atoms with E-state index in [0.717, 1.165) is 37.3 Å². The van der Waals surface area contributed by atoms with E-state index in [4.69, 9.17) is 11.6 Å². The molecule has 0 radical (unpaired) electrons. The Morgan fingerprint density at radius 3 is 2.26 bits per heavy atom. The van der Waals surface area contributed by atoms with Crippen LogP contribution in [-0.4, -0.2) is 27.8 Å². The van der Waals surface area contributed by atoms with Gasteiger partial charge < -0.3 is 25.5 Å². The number of nitrogens with zero attached hydrogens (tertiary/aromatic N) is 1. The molecule has 0 spiro atoms. The Hall–Kier alpha value is -3.38. The van der Waals surface area contributed by atoms with Crippen LogP contribution in [0.2, 0.25) is 5.02 Å². The number of phenolic OH excluding ortho intramolecular Hbond substituents is 3. The maximum absolute atomic E-state index is 13.5. The summed E-state index contributed by atoms with van der Waals surface area (Å²) in [4.78, 5) is 14.9. The van der Waals surface area contributed by atoms with Crippen LogP contribution in [0.1, 0.15) is 63.7 Å². The van der Waals surface area contributed by atoms with Crippen LogP contribution in [0.5, 0.6) is 17.2 Å². The van der Waals surface area contributed by atoms with E-state index in [1.165, 1.54) is 22.1 Å². The first-order valence-corrected chi connectivity index (χ1v) is 12.1. The van der Waals surface area contributed by atoms with Crippen molar-refractivity contribution < 1.29 is 20.1 Å². The normalized spacial score (nSPS) is 13.6. The standard InChI is InChI=1S/C28H33ClN2O4/c1-17(2)8-5-9-18(3)10-6-11-19(4)14-15-31-27-24(29)22(33)16-23(34)26(27)30-25-20(28(31)35)12-7-13-21(25)32/h7-8,10,12-14,16,30,32-34H,5-6,9,11,15H2,1-4H3. The molecular weight excluding hydrogens is 464 g/mol. The van der Waals surface area contributed by atoms with Crippen molar-refractivity contribution in [3.63, 3.8) is 0 Å². The van der Waals surface area contributed by atoms with Gasteiger partial charge in [0.1, 0.15) is 28.0 Å². The number of para-hydroxylation sites is 1. The number of nitrogens with one attached hydrogen (secondary N) is 1. The Bertz CT molecular complexity index is 1210. The molecular formula is C28H33ClN2O4. The maximum atomic E-state index is 13.5. The Morgan fingerprint density at radius 1 is 0.914 bits per heavy atom. The minimum atomic E-state index is -0.409. The van der Waals surface area contributed by atoms with Gasteiger partial charge in [-0.2, -0.15) is 0 Å². The molecule has 2 aromatic carbocycles. The molecule has 2 aromatic rings. The molecule has 0 bridgehead atoms. The second-order valence-electron chi connectivity index (χ2n) is 9.15. The number of amides is 1. The summed E-state index contributed by atoms with van der Waals surface area (Å²) in [5.41, 5.74) is 4.49. The van der Waals surface area contributed by atoms with E-state index in [0.29, 0.717) is 0 Å². The van der Waals surface area contributed by atoms with Crippen LogP contribution >= 0.6 is 11.6 Å². The number of allylic oxidation sites excluding steroid dienone is 5. The van der Waals surface area contributed by atoms with Crippen LogP contribution in [0.4, 0.5) is 17.1 Å². The molecule has 0 unspecified atom stereocenters. The summed E-state index contributed by atoms with van der Waals surface area (Å²) in [7, 11) is 0. The lowest BCUT2D eigenvalue weighted by atomic mass is 10.1. The quantitative estimate of drug-likeness (QED) is 0.172. The molecule has 7 heteroatoms. The van der Waals surface area contributed by atoms with Crippen molar-refractivity contribution >= 4 is 34.6 Å². The number of hydrogen-bond acceptors (Lipinski definition) is 5. The van der Waals surface area contributed by atoms with Crippen molar-refractivity contribution in [2.45, 2.75) is 53.4 Å². The highest BCUT2D eigenvalue weighted by atomic mass is 35.5. The van der Waals surface area contributed by atoms with Gasteiger partial charge in [0.2, 0.25) is 0 Å². The van der Waals surface area contributed by atoms with Gasteiger partial charge in [0.25, 0.3) is 5.91 Å². The van der Waals surface area contributed by atoms with Crippen molar-refractivity contribution in [1.29, 1.82) is 0 Å². The van der Waals surface area contributed by atoms with E-state index >= 15 is 0 Å². The van der Waals surface area contributed by atoms with Crippen LogP contribution in [-0.2, 0) is 0 Å². The predicted molar refractivity (Wildman–Crippen MR) is 143 cm³/mol. The number of aromatic hydroxyl groups is 3. The molecule has 6 nitrogen and oxygen atoms in total. The minimum Gasteiger partial charge on any atom is -0.506 e. The number of benzene rings is 2. The number of phenols is 3. The highest BCUT2D eigenvalue weighted by Gasteiger charge is 2.32. The SMILES string of the molecule is CC(C)=CCCC(C)=CCCC(C)=CCN1C(=O)c2cccc(O)c2Nc2c(O)cc(O)c(Cl)c21. The highest BCUT2D eigenvalue weighted by Crippen LogP contribution is 2.50. The molecule has 3 rings (SSSR count). The Balaban J connectivity index is 1.85. The smallest absolute Gasteiger partial charge is 0.260 e. The molecule has 0 atom stereocenters. The molecule has 0 saturated carbocycles. The fraction of sp³-hybridized carbons (Fsp3) is 0.321. The van der Waals surface area contributed by atoms with Gasteiger partial charge in [-0.25, -0.2) is 0 Å². The molecule has 1 aliphatic heterocycles. The van der Waals surface area contributed by atoms with Gasteiger partial charge >= 0.3 is 0 Å². The van der Waals surface area contributed by atoms with E-state index < -0.39 is 5.91 Å². The summed E-state index contributed by atoms with van der Waals surface area (Å²) in [6.07, 6.45) is 10.3. The molecule has 1 amide bonds. The largest absolute Gasteiger partial charge is 0.506 e. The number of carbonyl (C=O) groups is 1. The topological polar surface area (TPSA) is 93.0 Å². The van der Waals surface area contributed by atoms with Gasteiger partial charge in [0.15, 0.2) is 0 Å². The van der Waals surface area contributed by atoms with E-state index in [1.54, 1.807) is 12.1 Å². The average Bonchev–Trinajstić information content (AvgIpc) is 2.91. The lowest BCUT2D eigenvalue weighted by molar-refractivity contribution is 0.0991. The van der Waals surface area contributed by atoms with E-state index in [2.05, 4.69) is 38.2 Å². The number of hydrogen-bond donors (Lipinski definition) is 4. The Morgan fingerprint density at radius 2 is 1.57 bits per heavy atom. The second kappa shape index (κ2) is 11.4. The summed E-state index contributed by atoms with van der Waals surface area (Å²) in [6.45, 7) is 8.54. The summed E-state index contributed by atoms with van der Waals surface area (Å²) in [5, 5.41) is 34.0. The van der Waals surface area contributed by atoms with Crippen molar-refractivity contribution in [1.82, 2.24) is 0 Å². The predicted octanol–water partition coefficient (Wildman–Crippen LogP) is 7.58. The van der Waals surface area contributed by atoms with Gasteiger partial charge in [-0.3, -0.25) is 4.79 Å². The van der Waals surface area contributed by atoms with Crippen LogP contribution < -0.4 is 10.2 Å². The van der Waals surface area contributed by atoms with Gasteiger partial charge in [-0.05, 0) is 65.5 Å². The lowest BCUT2D eigenvalue weighted by Crippen LogP contribution is -2.31. The third kappa shape index (κ3) is 6.20. The molecule has 4 N–H and O–H groups in total. The fourth-order valence-electron chi connectivity index (χ4n) is 3.98. The zero-order valence-corrected chi connectivity index (χ0v) is 21.4. The minimum absolute atomic E-state index is 0.0630. The molecule has 186 valence electrons. The monoisotopic (exact) mass is 496 g/mol. The van der Waals surface area contributed by atoms with Gasteiger partial charge in [0.05, 0.1) is 16.9 Å². The van der Waals surface area contributed by atoms with Crippen LogP contribution in [0.3, 0.4) is 0 Å². The van der Waals surface area contributed by atoms with Gasteiger partial charge in [0, 0.05) is 12.6 Å². The number of halogens is 1. The van der Waals surface area contributed by atoms with E-state index in [9.17, 15) is 20.1 Å².